The number of anilines is 1. The molecule has 0 spiro atoms. The number of nitrogens with zero attached hydrogens (tertiary/aromatic N) is 3. The van der Waals surface area contributed by atoms with E-state index in [0.717, 1.165) is 48.9 Å². The molecule has 0 unspecified atom stereocenters. The van der Waals surface area contributed by atoms with Crippen LogP contribution >= 0.6 is 0 Å². The predicted octanol–water partition coefficient (Wildman–Crippen LogP) is 3.04. The number of sulfone groups is 1. The summed E-state index contributed by atoms with van der Waals surface area (Å²) < 4.78 is 63.1. The van der Waals surface area contributed by atoms with Gasteiger partial charge in [0.25, 0.3) is 0 Å². The van der Waals surface area contributed by atoms with E-state index in [1.807, 2.05) is 0 Å². The third-order valence-corrected chi connectivity index (χ3v) is 5.17. The van der Waals surface area contributed by atoms with Gasteiger partial charge < -0.3 is 5.32 Å². The Morgan fingerprint density at radius 3 is 2.44 bits per heavy atom. The second kappa shape index (κ2) is 6.32. The molecule has 6 nitrogen and oxygen atoms in total. The first kappa shape index (κ1) is 17.7. The van der Waals surface area contributed by atoms with Gasteiger partial charge in [0.15, 0.2) is 21.3 Å². The van der Waals surface area contributed by atoms with Crippen molar-refractivity contribution in [2.45, 2.75) is 42.8 Å². The van der Waals surface area contributed by atoms with Gasteiger partial charge in [-0.25, -0.2) is 13.4 Å². The molecule has 1 N–H and O–H groups in total. The van der Waals surface area contributed by atoms with Crippen LogP contribution in [0, 0.1) is 0 Å². The molecule has 1 aliphatic carbocycles. The summed E-state index contributed by atoms with van der Waals surface area (Å²) in [6.07, 6.45) is 1.38. The summed E-state index contributed by atoms with van der Waals surface area (Å²) in [6.45, 7) is 0. The lowest BCUT2D eigenvalue weighted by atomic mass is 10.2. The maximum Gasteiger partial charge on any atom is 0.435 e. The summed E-state index contributed by atoms with van der Waals surface area (Å²) in [6, 6.07) is 3.67. The first-order valence-corrected chi connectivity index (χ1v) is 9.64. The Kier molecular flexibility index (Phi) is 4.48. The van der Waals surface area contributed by atoms with Crippen LogP contribution in [0.5, 0.6) is 0 Å². The van der Waals surface area contributed by atoms with Crippen LogP contribution in [0.2, 0.25) is 0 Å². The van der Waals surface area contributed by atoms with Crippen LogP contribution in [0.3, 0.4) is 0 Å². The van der Waals surface area contributed by atoms with Crippen molar-refractivity contribution >= 4 is 15.7 Å². The van der Waals surface area contributed by atoms with E-state index in [1.54, 1.807) is 0 Å². The van der Waals surface area contributed by atoms with Crippen LogP contribution < -0.4 is 5.32 Å². The summed E-state index contributed by atoms with van der Waals surface area (Å²) in [5.74, 6) is 0.308. The molecule has 0 aromatic carbocycles. The molecule has 2 aromatic rings. The fraction of sp³-hybridized carbons (Fsp3) is 0.467. The maximum atomic E-state index is 13.0. The van der Waals surface area contributed by atoms with Crippen molar-refractivity contribution in [1.29, 1.82) is 0 Å². The minimum atomic E-state index is -4.58. The minimum Gasteiger partial charge on any atom is -0.367 e. The van der Waals surface area contributed by atoms with Gasteiger partial charge in [0.2, 0.25) is 0 Å². The standard InChI is InChI=1S/C15H17F3N4O2S/c1-25(23,24)11-6-7-13(19-9-11)22-14(20-10-4-2-3-5-10)8-12(21-22)15(16,17)18/h6-10,20H,2-5H2,1H3. The van der Waals surface area contributed by atoms with E-state index in [0.29, 0.717) is 0 Å². The first-order chi connectivity index (χ1) is 11.6. The van der Waals surface area contributed by atoms with Gasteiger partial charge in [-0.2, -0.15) is 23.0 Å². The fourth-order valence-corrected chi connectivity index (χ4v) is 3.35. The zero-order chi connectivity index (χ0) is 18.2. The third kappa shape index (κ3) is 3.94. The van der Waals surface area contributed by atoms with Crippen molar-refractivity contribution in [3.8, 4) is 5.82 Å². The smallest absolute Gasteiger partial charge is 0.367 e. The molecule has 2 aromatic heterocycles. The highest BCUT2D eigenvalue weighted by atomic mass is 32.2. The lowest BCUT2D eigenvalue weighted by Crippen LogP contribution is -2.17. The Morgan fingerprint density at radius 1 is 1.24 bits per heavy atom. The maximum absolute atomic E-state index is 13.0. The molecule has 1 aliphatic rings. The average molecular weight is 374 g/mol. The summed E-state index contributed by atoms with van der Waals surface area (Å²) in [4.78, 5) is 3.95. The molecule has 0 aliphatic heterocycles. The zero-order valence-corrected chi connectivity index (χ0v) is 14.2. The van der Waals surface area contributed by atoms with Gasteiger partial charge in [0, 0.05) is 24.6 Å². The summed E-state index contributed by atoms with van der Waals surface area (Å²) in [5, 5.41) is 6.69. The molecule has 1 fully saturated rings. The van der Waals surface area contributed by atoms with Crippen LogP contribution in [0.4, 0.5) is 19.0 Å². The molecule has 136 valence electrons. The molecule has 25 heavy (non-hydrogen) atoms. The number of rotatable bonds is 4. The molecule has 0 saturated heterocycles. The van der Waals surface area contributed by atoms with E-state index in [-0.39, 0.29) is 22.6 Å². The van der Waals surface area contributed by atoms with Crippen molar-refractivity contribution in [3.05, 3.63) is 30.1 Å². The molecule has 0 bridgehead atoms. The highest BCUT2D eigenvalue weighted by Crippen LogP contribution is 2.32. The van der Waals surface area contributed by atoms with Crippen molar-refractivity contribution in [2.75, 3.05) is 11.6 Å². The van der Waals surface area contributed by atoms with Gasteiger partial charge in [0.05, 0.1) is 4.90 Å². The number of halogens is 3. The summed E-state index contributed by atoms with van der Waals surface area (Å²) in [7, 11) is -3.44. The largest absolute Gasteiger partial charge is 0.435 e. The van der Waals surface area contributed by atoms with Crippen molar-refractivity contribution < 1.29 is 21.6 Å². The highest BCUT2D eigenvalue weighted by molar-refractivity contribution is 7.90. The van der Waals surface area contributed by atoms with Crippen LogP contribution in [0.1, 0.15) is 31.4 Å². The monoisotopic (exact) mass is 374 g/mol. The Hall–Kier alpha value is -2.10. The normalized spacial score (nSPS) is 16.3. The number of alkyl halides is 3. The molecule has 0 amide bonds. The van der Waals surface area contributed by atoms with E-state index in [4.69, 9.17) is 0 Å². The summed E-state index contributed by atoms with van der Waals surface area (Å²) >= 11 is 0. The van der Waals surface area contributed by atoms with Crippen LogP contribution in [-0.4, -0.2) is 35.5 Å². The number of pyridine rings is 1. The Bertz CT molecular complexity index is 854. The van der Waals surface area contributed by atoms with Crippen LogP contribution in [0.25, 0.3) is 5.82 Å². The number of nitrogens with one attached hydrogen (secondary N) is 1. The Labute approximate surface area is 143 Å². The molecule has 3 rings (SSSR count). The fourth-order valence-electron chi connectivity index (χ4n) is 2.79. The van der Waals surface area contributed by atoms with E-state index in [1.165, 1.54) is 12.1 Å². The minimum absolute atomic E-state index is 0.00949. The molecule has 1 saturated carbocycles. The van der Waals surface area contributed by atoms with Gasteiger partial charge in [-0.05, 0) is 25.0 Å². The zero-order valence-electron chi connectivity index (χ0n) is 13.4. The predicted molar refractivity (Wildman–Crippen MR) is 85.3 cm³/mol. The molecule has 0 atom stereocenters. The quantitative estimate of drug-likeness (QED) is 0.890. The van der Waals surface area contributed by atoms with Gasteiger partial charge >= 0.3 is 6.18 Å². The van der Waals surface area contributed by atoms with E-state index < -0.39 is 21.7 Å². The molecular weight excluding hydrogens is 357 g/mol. The lowest BCUT2D eigenvalue weighted by Gasteiger charge is -2.14. The Morgan fingerprint density at radius 2 is 1.92 bits per heavy atom. The van der Waals surface area contributed by atoms with E-state index in [9.17, 15) is 21.6 Å². The number of hydrogen-bond donors (Lipinski definition) is 1. The topological polar surface area (TPSA) is 76.9 Å². The second-order valence-corrected chi connectivity index (χ2v) is 8.09. The number of aromatic nitrogens is 3. The second-order valence-electron chi connectivity index (χ2n) is 6.07. The third-order valence-electron chi connectivity index (χ3n) is 4.07. The van der Waals surface area contributed by atoms with Crippen LogP contribution in [-0.2, 0) is 16.0 Å². The van der Waals surface area contributed by atoms with E-state index in [2.05, 4.69) is 15.4 Å². The van der Waals surface area contributed by atoms with Crippen molar-refractivity contribution in [2.24, 2.45) is 0 Å². The molecule has 2 heterocycles. The van der Waals surface area contributed by atoms with Crippen LogP contribution in [0.15, 0.2) is 29.3 Å². The first-order valence-electron chi connectivity index (χ1n) is 7.75. The SMILES string of the molecule is CS(=O)(=O)c1ccc(-n2nc(C(F)(F)F)cc2NC2CCCC2)nc1. The van der Waals surface area contributed by atoms with Gasteiger partial charge in [-0.1, -0.05) is 12.8 Å². The summed E-state index contributed by atoms with van der Waals surface area (Å²) in [5.41, 5.74) is -1.03. The average Bonchev–Trinajstić information content (AvgIpc) is 3.16. The molecular formula is C15H17F3N4O2S. The molecule has 10 heteroatoms. The van der Waals surface area contributed by atoms with Crippen molar-refractivity contribution in [3.63, 3.8) is 0 Å². The molecule has 0 radical (unpaired) electrons. The van der Waals surface area contributed by atoms with Gasteiger partial charge in [-0.15, -0.1) is 0 Å². The Balaban J connectivity index is 1.99. The van der Waals surface area contributed by atoms with Gasteiger partial charge in [-0.3, -0.25) is 0 Å². The van der Waals surface area contributed by atoms with E-state index >= 15 is 0 Å². The number of hydrogen-bond acceptors (Lipinski definition) is 5. The van der Waals surface area contributed by atoms with Crippen molar-refractivity contribution in [1.82, 2.24) is 14.8 Å². The lowest BCUT2D eigenvalue weighted by molar-refractivity contribution is -0.141. The highest BCUT2D eigenvalue weighted by Gasteiger charge is 2.35. The van der Waals surface area contributed by atoms with Gasteiger partial charge in [0.1, 0.15) is 5.82 Å².